The number of pyridine rings is 1. The van der Waals surface area contributed by atoms with Gasteiger partial charge >= 0.3 is 0 Å². The Kier molecular flexibility index (Phi) is 7.10. The molecule has 2 saturated heterocycles. The molecule has 0 bridgehead atoms. The van der Waals surface area contributed by atoms with E-state index in [1.54, 1.807) is 12.1 Å². The number of hydrogen-bond acceptors (Lipinski definition) is 7. The third kappa shape index (κ3) is 5.18. The number of carbonyl (C=O) groups is 2. The van der Waals surface area contributed by atoms with Crippen LogP contribution in [-0.4, -0.2) is 68.9 Å². The van der Waals surface area contributed by atoms with Gasteiger partial charge in [-0.3, -0.25) is 9.59 Å². The number of amides is 2. The molecule has 34 heavy (non-hydrogen) atoms. The fourth-order valence-electron chi connectivity index (χ4n) is 4.04. The van der Waals surface area contributed by atoms with Gasteiger partial charge in [0.15, 0.2) is 0 Å². The highest BCUT2D eigenvalue weighted by Gasteiger charge is 2.28. The van der Waals surface area contributed by atoms with E-state index in [1.165, 1.54) is 10.5 Å². The third-order valence-corrected chi connectivity index (χ3v) is 7.84. The van der Waals surface area contributed by atoms with Crippen molar-refractivity contribution >= 4 is 33.3 Å². The minimum Gasteiger partial charge on any atom is -0.379 e. The maximum Gasteiger partial charge on any atom is 0.258 e. The van der Waals surface area contributed by atoms with E-state index < -0.39 is 27.3 Å². The Morgan fingerprint density at radius 1 is 1.15 bits per heavy atom. The van der Waals surface area contributed by atoms with Crippen LogP contribution in [0.25, 0.3) is 0 Å². The summed E-state index contributed by atoms with van der Waals surface area (Å²) in [6.07, 6.45) is 2.98. The molecule has 2 aliphatic rings. The van der Waals surface area contributed by atoms with E-state index in [2.05, 4.69) is 10.3 Å². The van der Waals surface area contributed by atoms with Crippen LogP contribution in [0.1, 0.15) is 23.2 Å². The average molecular weight is 492 g/mol. The smallest absolute Gasteiger partial charge is 0.258 e. The topological polar surface area (TPSA) is 135 Å². The van der Waals surface area contributed by atoms with Crippen molar-refractivity contribution in [1.82, 2.24) is 9.29 Å². The van der Waals surface area contributed by atoms with Gasteiger partial charge in [0.25, 0.3) is 5.91 Å². The summed E-state index contributed by atoms with van der Waals surface area (Å²) >= 11 is 0. The highest BCUT2D eigenvalue weighted by atomic mass is 32.2. The molecule has 12 heteroatoms. The van der Waals surface area contributed by atoms with Gasteiger partial charge in [-0.05, 0) is 43.2 Å². The minimum absolute atomic E-state index is 0.163. The number of nitrogens with two attached hydrogens (primary N) is 1. The van der Waals surface area contributed by atoms with Crippen LogP contribution in [-0.2, 0) is 19.6 Å². The fraction of sp³-hybridized carbons (Fsp3) is 0.409. The van der Waals surface area contributed by atoms with E-state index in [0.29, 0.717) is 18.1 Å². The number of sulfonamides is 1. The summed E-state index contributed by atoms with van der Waals surface area (Å²) < 4.78 is 46.6. The van der Waals surface area contributed by atoms with Crippen molar-refractivity contribution in [2.45, 2.75) is 17.7 Å². The highest BCUT2D eigenvalue weighted by molar-refractivity contribution is 7.89. The number of primary amides is 1. The van der Waals surface area contributed by atoms with Crippen LogP contribution >= 0.6 is 0 Å². The molecule has 2 amide bonds. The number of carbonyl (C=O) groups excluding carboxylic acids is 2. The van der Waals surface area contributed by atoms with Gasteiger partial charge < -0.3 is 20.7 Å². The van der Waals surface area contributed by atoms with Crippen LogP contribution < -0.4 is 16.0 Å². The van der Waals surface area contributed by atoms with E-state index in [4.69, 9.17) is 10.5 Å². The number of piperidine rings is 1. The zero-order valence-electron chi connectivity index (χ0n) is 18.4. The molecule has 1 aromatic carbocycles. The lowest BCUT2D eigenvalue weighted by atomic mass is 9.97. The number of morpholine rings is 1. The van der Waals surface area contributed by atoms with Crippen molar-refractivity contribution in [2.24, 2.45) is 11.7 Å². The first kappa shape index (κ1) is 24.0. The molecule has 1 aromatic heterocycles. The van der Waals surface area contributed by atoms with Gasteiger partial charge in [0.1, 0.15) is 11.6 Å². The van der Waals surface area contributed by atoms with Crippen molar-refractivity contribution in [3.05, 3.63) is 47.9 Å². The number of hydrogen-bond donors (Lipinski definition) is 2. The molecule has 2 aliphatic heterocycles. The average Bonchev–Trinajstić information content (AvgIpc) is 2.85. The maximum atomic E-state index is 14.4. The van der Waals surface area contributed by atoms with Gasteiger partial charge in [0, 0.05) is 26.2 Å². The maximum absolute atomic E-state index is 14.4. The van der Waals surface area contributed by atoms with Crippen molar-refractivity contribution in [3.63, 3.8) is 0 Å². The molecule has 1 unspecified atom stereocenters. The Bertz CT molecular complexity index is 1170. The molecule has 4 rings (SSSR count). The second-order valence-electron chi connectivity index (χ2n) is 8.20. The van der Waals surface area contributed by atoms with Crippen LogP contribution in [0, 0.1) is 11.7 Å². The predicted molar refractivity (Wildman–Crippen MR) is 122 cm³/mol. The predicted octanol–water partition coefficient (Wildman–Crippen LogP) is 1.20. The molecular weight excluding hydrogens is 465 g/mol. The number of nitrogens with one attached hydrogen (secondary N) is 1. The molecule has 3 heterocycles. The van der Waals surface area contributed by atoms with Crippen LogP contribution in [0.4, 0.5) is 15.9 Å². The Labute approximate surface area is 196 Å². The lowest BCUT2D eigenvalue weighted by molar-refractivity contribution is -0.122. The van der Waals surface area contributed by atoms with E-state index in [0.717, 1.165) is 37.6 Å². The van der Waals surface area contributed by atoms with E-state index in [9.17, 15) is 22.4 Å². The number of rotatable bonds is 6. The first-order valence-corrected chi connectivity index (χ1v) is 12.4. The summed E-state index contributed by atoms with van der Waals surface area (Å²) in [5, 5.41) is 2.55. The van der Waals surface area contributed by atoms with E-state index >= 15 is 0 Å². The first-order chi connectivity index (χ1) is 16.3. The summed E-state index contributed by atoms with van der Waals surface area (Å²) in [5.41, 5.74) is 5.35. The van der Waals surface area contributed by atoms with E-state index in [1.807, 2.05) is 4.90 Å². The minimum atomic E-state index is -3.88. The number of nitrogens with zero attached hydrogens (tertiary/aromatic N) is 3. The molecular formula is C22H26FN5O5S. The third-order valence-electron chi connectivity index (χ3n) is 5.94. The van der Waals surface area contributed by atoms with Crippen molar-refractivity contribution in [3.8, 4) is 0 Å². The van der Waals surface area contributed by atoms with Crippen molar-refractivity contribution in [2.75, 3.05) is 49.6 Å². The Morgan fingerprint density at radius 3 is 2.59 bits per heavy atom. The van der Waals surface area contributed by atoms with Crippen LogP contribution in [0.15, 0.2) is 41.4 Å². The normalized spacial score (nSPS) is 19.6. The lowest BCUT2D eigenvalue weighted by Crippen LogP contribution is -2.41. The SMILES string of the molecule is NC(=O)C1CCCN(c2ccc(NC(=O)c3cc(S(=O)(=O)N4CCOCC4)ccc3F)cn2)C1. The van der Waals surface area contributed by atoms with E-state index in [-0.39, 0.29) is 43.0 Å². The number of anilines is 2. The molecule has 2 fully saturated rings. The summed E-state index contributed by atoms with van der Waals surface area (Å²) in [7, 11) is -3.88. The fourth-order valence-corrected chi connectivity index (χ4v) is 5.47. The monoisotopic (exact) mass is 491 g/mol. The largest absolute Gasteiger partial charge is 0.379 e. The van der Waals surface area contributed by atoms with Crippen molar-refractivity contribution in [1.29, 1.82) is 0 Å². The zero-order chi connectivity index (χ0) is 24.3. The van der Waals surface area contributed by atoms with Gasteiger partial charge in [-0.15, -0.1) is 0 Å². The van der Waals surface area contributed by atoms with Crippen LogP contribution in [0.3, 0.4) is 0 Å². The molecule has 0 aliphatic carbocycles. The summed E-state index contributed by atoms with van der Waals surface area (Å²) in [6.45, 7) is 2.14. The first-order valence-electron chi connectivity index (χ1n) is 10.9. The number of aromatic nitrogens is 1. The van der Waals surface area contributed by atoms with Gasteiger partial charge in [-0.1, -0.05) is 0 Å². The lowest BCUT2D eigenvalue weighted by Gasteiger charge is -2.32. The highest BCUT2D eigenvalue weighted by Crippen LogP contribution is 2.24. The quantitative estimate of drug-likeness (QED) is 0.620. The molecule has 3 N–H and O–H groups in total. The zero-order valence-corrected chi connectivity index (χ0v) is 19.3. The summed E-state index contributed by atoms with van der Waals surface area (Å²) in [5.74, 6) is -1.58. The Hall–Kier alpha value is -3.09. The molecule has 0 spiro atoms. The number of benzene rings is 1. The van der Waals surface area contributed by atoms with Gasteiger partial charge in [-0.2, -0.15) is 4.31 Å². The molecule has 1 atom stereocenters. The Balaban J connectivity index is 1.47. The molecule has 0 radical (unpaired) electrons. The summed E-state index contributed by atoms with van der Waals surface area (Å²) in [6, 6.07) is 6.45. The van der Waals surface area contributed by atoms with Crippen LogP contribution in [0.5, 0.6) is 0 Å². The van der Waals surface area contributed by atoms with Gasteiger partial charge in [-0.25, -0.2) is 17.8 Å². The summed E-state index contributed by atoms with van der Waals surface area (Å²) in [4.78, 5) is 30.3. The molecule has 2 aromatic rings. The molecule has 0 saturated carbocycles. The Morgan fingerprint density at radius 2 is 1.91 bits per heavy atom. The molecule has 10 nitrogen and oxygen atoms in total. The number of halogens is 1. The van der Waals surface area contributed by atoms with Crippen LogP contribution in [0.2, 0.25) is 0 Å². The number of ether oxygens (including phenoxy) is 1. The van der Waals surface area contributed by atoms with Crippen molar-refractivity contribution < 1.29 is 27.1 Å². The second-order valence-corrected chi connectivity index (χ2v) is 10.1. The standard InChI is InChI=1S/C22H26FN5O5S/c23-19-5-4-17(34(31,32)28-8-10-33-11-9-28)12-18(19)22(30)26-16-3-6-20(25-13-16)27-7-1-2-15(14-27)21(24)29/h3-6,12-13,15H,1-2,7-11,14H2,(H2,24,29)(H,26,30). The van der Waals surface area contributed by atoms with Gasteiger partial charge in [0.05, 0.1) is 41.5 Å². The van der Waals surface area contributed by atoms with Gasteiger partial charge in [0.2, 0.25) is 15.9 Å². The second kappa shape index (κ2) is 10.0. The molecule has 182 valence electrons.